The standard InChI is InChI=1S/C15H20N6O2.ClH/c1-11(7-16)14(23)19-15-18-10-21(20-15)9-13(22)17-8-12-5-3-2-4-6-12;/h2-6,10-11H,7-9,16H2,1H3,(H,17,22)(H,19,20,23);1H. The van der Waals surface area contributed by atoms with E-state index < -0.39 is 0 Å². The van der Waals surface area contributed by atoms with Crippen LogP contribution in [-0.4, -0.2) is 33.1 Å². The van der Waals surface area contributed by atoms with Gasteiger partial charge in [0.05, 0.1) is 0 Å². The highest BCUT2D eigenvalue weighted by Crippen LogP contribution is 2.01. The molecule has 0 bridgehead atoms. The lowest BCUT2D eigenvalue weighted by atomic mass is 10.2. The first-order valence-corrected chi connectivity index (χ1v) is 7.29. The molecule has 1 heterocycles. The number of nitrogens with one attached hydrogen (secondary N) is 2. The van der Waals surface area contributed by atoms with Gasteiger partial charge < -0.3 is 11.1 Å². The minimum atomic E-state index is -0.323. The Balaban J connectivity index is 0.00000288. The zero-order valence-electron chi connectivity index (χ0n) is 13.3. The second-order valence-electron chi connectivity index (χ2n) is 5.15. The Morgan fingerprint density at radius 1 is 1.29 bits per heavy atom. The quantitative estimate of drug-likeness (QED) is 0.673. The topological polar surface area (TPSA) is 115 Å². The minimum Gasteiger partial charge on any atom is -0.350 e. The fourth-order valence-electron chi connectivity index (χ4n) is 1.77. The minimum absolute atomic E-state index is 0. The molecule has 0 saturated heterocycles. The molecule has 0 saturated carbocycles. The van der Waals surface area contributed by atoms with Crippen molar-refractivity contribution in [1.29, 1.82) is 0 Å². The summed E-state index contributed by atoms with van der Waals surface area (Å²) in [5, 5.41) is 9.38. The summed E-state index contributed by atoms with van der Waals surface area (Å²) in [5.41, 5.74) is 6.44. The highest BCUT2D eigenvalue weighted by Gasteiger charge is 2.13. The summed E-state index contributed by atoms with van der Waals surface area (Å²) >= 11 is 0. The number of carbonyl (C=O) groups excluding carboxylic acids is 2. The van der Waals surface area contributed by atoms with E-state index in [1.165, 1.54) is 11.0 Å². The van der Waals surface area contributed by atoms with Crippen molar-refractivity contribution >= 4 is 30.2 Å². The smallest absolute Gasteiger partial charge is 0.248 e. The maximum Gasteiger partial charge on any atom is 0.248 e. The Morgan fingerprint density at radius 3 is 2.67 bits per heavy atom. The van der Waals surface area contributed by atoms with Crippen LogP contribution in [-0.2, 0) is 22.7 Å². The molecule has 0 aliphatic carbocycles. The molecule has 0 spiro atoms. The van der Waals surface area contributed by atoms with Gasteiger partial charge in [0, 0.05) is 19.0 Å². The molecule has 0 aliphatic rings. The molecular formula is C15H21ClN6O2. The number of aromatic nitrogens is 3. The Hall–Kier alpha value is -2.45. The third-order valence-electron chi connectivity index (χ3n) is 3.21. The monoisotopic (exact) mass is 352 g/mol. The van der Waals surface area contributed by atoms with Crippen LogP contribution in [0.4, 0.5) is 5.95 Å². The zero-order valence-corrected chi connectivity index (χ0v) is 14.1. The second-order valence-corrected chi connectivity index (χ2v) is 5.15. The lowest BCUT2D eigenvalue weighted by Crippen LogP contribution is -2.28. The van der Waals surface area contributed by atoms with Gasteiger partial charge in [-0.15, -0.1) is 17.5 Å². The van der Waals surface area contributed by atoms with E-state index in [-0.39, 0.29) is 49.2 Å². The van der Waals surface area contributed by atoms with Crippen molar-refractivity contribution in [3.05, 3.63) is 42.2 Å². The van der Waals surface area contributed by atoms with Crippen LogP contribution in [0.5, 0.6) is 0 Å². The van der Waals surface area contributed by atoms with Crippen LogP contribution in [0, 0.1) is 5.92 Å². The van der Waals surface area contributed by atoms with Gasteiger partial charge in [-0.2, -0.15) is 0 Å². The molecule has 2 amide bonds. The van der Waals surface area contributed by atoms with Crippen molar-refractivity contribution in [3.8, 4) is 0 Å². The molecule has 0 aliphatic heterocycles. The Labute approximate surface area is 146 Å². The number of halogens is 1. The largest absolute Gasteiger partial charge is 0.350 e. The van der Waals surface area contributed by atoms with Crippen molar-refractivity contribution in [3.63, 3.8) is 0 Å². The number of anilines is 1. The summed E-state index contributed by atoms with van der Waals surface area (Å²) in [4.78, 5) is 27.5. The molecule has 1 atom stereocenters. The number of amides is 2. The Morgan fingerprint density at radius 2 is 2.00 bits per heavy atom. The molecule has 2 rings (SSSR count). The van der Waals surface area contributed by atoms with Crippen LogP contribution in [0.3, 0.4) is 0 Å². The van der Waals surface area contributed by atoms with Gasteiger partial charge in [-0.05, 0) is 5.56 Å². The number of hydrogen-bond donors (Lipinski definition) is 3. The molecule has 2 aromatic rings. The lowest BCUT2D eigenvalue weighted by Gasteiger charge is -2.06. The van der Waals surface area contributed by atoms with Gasteiger partial charge >= 0.3 is 0 Å². The maximum atomic E-state index is 11.9. The van der Waals surface area contributed by atoms with Gasteiger partial charge in [0.1, 0.15) is 12.9 Å². The lowest BCUT2D eigenvalue weighted by molar-refractivity contribution is -0.122. The first kappa shape index (κ1) is 19.6. The van der Waals surface area contributed by atoms with Crippen molar-refractivity contribution in [2.75, 3.05) is 11.9 Å². The van der Waals surface area contributed by atoms with Gasteiger partial charge in [-0.25, -0.2) is 9.67 Å². The molecule has 1 unspecified atom stereocenters. The van der Waals surface area contributed by atoms with E-state index in [1.54, 1.807) is 6.92 Å². The van der Waals surface area contributed by atoms with E-state index in [2.05, 4.69) is 20.7 Å². The van der Waals surface area contributed by atoms with Gasteiger partial charge in [0.15, 0.2) is 0 Å². The van der Waals surface area contributed by atoms with Crippen molar-refractivity contribution in [2.45, 2.75) is 20.0 Å². The predicted molar refractivity (Wildman–Crippen MR) is 92.4 cm³/mol. The molecule has 4 N–H and O–H groups in total. The van der Waals surface area contributed by atoms with Crippen molar-refractivity contribution in [1.82, 2.24) is 20.1 Å². The third kappa shape index (κ3) is 5.98. The van der Waals surface area contributed by atoms with E-state index in [0.29, 0.717) is 6.54 Å². The molecular weight excluding hydrogens is 332 g/mol. The number of rotatable bonds is 7. The molecule has 8 nitrogen and oxygen atoms in total. The summed E-state index contributed by atoms with van der Waals surface area (Å²) in [5.74, 6) is -0.604. The van der Waals surface area contributed by atoms with Crippen LogP contribution in [0.25, 0.3) is 0 Å². The SMILES string of the molecule is CC(CN)C(=O)Nc1ncn(CC(=O)NCc2ccccc2)n1.Cl. The summed E-state index contributed by atoms with van der Waals surface area (Å²) in [7, 11) is 0. The third-order valence-corrected chi connectivity index (χ3v) is 3.21. The summed E-state index contributed by atoms with van der Waals surface area (Å²) < 4.78 is 1.36. The molecule has 9 heteroatoms. The Bertz CT molecular complexity index is 661. The number of benzene rings is 1. The van der Waals surface area contributed by atoms with Crippen LogP contribution in [0.1, 0.15) is 12.5 Å². The average Bonchev–Trinajstić information content (AvgIpc) is 3.00. The molecule has 1 aromatic carbocycles. The van der Waals surface area contributed by atoms with E-state index >= 15 is 0 Å². The first-order chi connectivity index (χ1) is 11.1. The van der Waals surface area contributed by atoms with E-state index in [9.17, 15) is 9.59 Å². The highest BCUT2D eigenvalue weighted by molar-refractivity contribution is 5.90. The van der Waals surface area contributed by atoms with Crippen molar-refractivity contribution in [2.24, 2.45) is 11.7 Å². The second kappa shape index (κ2) is 9.64. The fraction of sp³-hybridized carbons (Fsp3) is 0.333. The van der Waals surface area contributed by atoms with Crippen LogP contribution in [0.15, 0.2) is 36.7 Å². The zero-order chi connectivity index (χ0) is 16.7. The van der Waals surface area contributed by atoms with Gasteiger partial charge in [-0.3, -0.25) is 14.9 Å². The summed E-state index contributed by atoms with van der Waals surface area (Å²) in [6.45, 7) is 2.44. The maximum absolute atomic E-state index is 11.9. The Kier molecular flexibility index (Phi) is 7.87. The number of nitrogens with two attached hydrogens (primary N) is 1. The predicted octanol–water partition coefficient (Wildman–Crippen LogP) is 0.550. The fourth-order valence-corrected chi connectivity index (χ4v) is 1.77. The number of hydrogen-bond acceptors (Lipinski definition) is 5. The van der Waals surface area contributed by atoms with Gasteiger partial charge in [0.25, 0.3) is 0 Å². The van der Waals surface area contributed by atoms with E-state index in [4.69, 9.17) is 5.73 Å². The normalized spacial score (nSPS) is 11.2. The van der Waals surface area contributed by atoms with Gasteiger partial charge in [-0.1, -0.05) is 37.3 Å². The molecule has 0 fully saturated rings. The first-order valence-electron chi connectivity index (χ1n) is 7.29. The van der Waals surface area contributed by atoms with E-state index in [1.807, 2.05) is 30.3 Å². The summed E-state index contributed by atoms with van der Waals surface area (Å²) in [6.07, 6.45) is 1.39. The average molecular weight is 353 g/mol. The summed E-state index contributed by atoms with van der Waals surface area (Å²) in [6, 6.07) is 9.61. The van der Waals surface area contributed by atoms with Crippen LogP contribution < -0.4 is 16.4 Å². The molecule has 0 radical (unpaired) electrons. The molecule has 24 heavy (non-hydrogen) atoms. The van der Waals surface area contributed by atoms with E-state index in [0.717, 1.165) is 5.56 Å². The van der Waals surface area contributed by atoms with Crippen LogP contribution >= 0.6 is 12.4 Å². The highest BCUT2D eigenvalue weighted by atomic mass is 35.5. The van der Waals surface area contributed by atoms with Crippen molar-refractivity contribution < 1.29 is 9.59 Å². The molecule has 1 aromatic heterocycles. The molecule has 130 valence electrons. The van der Waals surface area contributed by atoms with Crippen LogP contribution in [0.2, 0.25) is 0 Å². The van der Waals surface area contributed by atoms with Gasteiger partial charge in [0.2, 0.25) is 17.8 Å². The number of nitrogens with zero attached hydrogens (tertiary/aromatic N) is 3. The number of carbonyl (C=O) groups is 2.